The van der Waals surface area contributed by atoms with Crippen LogP contribution in [0.15, 0.2) is 30.3 Å². The predicted molar refractivity (Wildman–Crippen MR) is 63.9 cm³/mol. The number of amides is 1. The quantitative estimate of drug-likeness (QED) is 0.715. The number of hydrogen-bond donors (Lipinski definition) is 0. The lowest BCUT2D eigenvalue weighted by molar-refractivity contribution is -0.178. The van der Waals surface area contributed by atoms with Gasteiger partial charge in [-0.25, -0.2) is 5.06 Å². The molecule has 1 unspecified atom stereocenters. The number of hydrogen-bond acceptors (Lipinski definition) is 2. The summed E-state index contributed by atoms with van der Waals surface area (Å²) in [5.74, 6) is -0.103. The van der Waals surface area contributed by atoms with Gasteiger partial charge in [0.1, 0.15) is 0 Å². The molecule has 0 aliphatic heterocycles. The van der Waals surface area contributed by atoms with E-state index in [1.165, 1.54) is 5.06 Å². The van der Waals surface area contributed by atoms with E-state index < -0.39 is 0 Å². The summed E-state index contributed by atoms with van der Waals surface area (Å²) in [5.41, 5.74) is 1.04. The van der Waals surface area contributed by atoms with E-state index in [0.717, 1.165) is 12.0 Å². The monoisotopic (exact) mass is 221 g/mol. The topological polar surface area (TPSA) is 29.5 Å². The lowest BCUT2D eigenvalue weighted by Crippen LogP contribution is -2.31. The van der Waals surface area contributed by atoms with Crippen molar-refractivity contribution < 1.29 is 9.63 Å². The third kappa shape index (κ3) is 3.07. The van der Waals surface area contributed by atoms with E-state index in [4.69, 9.17) is 4.84 Å². The summed E-state index contributed by atoms with van der Waals surface area (Å²) in [6, 6.07) is 9.81. The van der Waals surface area contributed by atoms with Crippen LogP contribution in [-0.4, -0.2) is 24.6 Å². The maximum absolute atomic E-state index is 12.1. The van der Waals surface area contributed by atoms with Gasteiger partial charge in [0.2, 0.25) is 0 Å². The lowest BCUT2D eigenvalue weighted by atomic mass is 9.96. The highest BCUT2D eigenvalue weighted by molar-refractivity contribution is 5.82. The van der Waals surface area contributed by atoms with Crippen molar-refractivity contribution >= 4 is 5.91 Å². The highest BCUT2D eigenvalue weighted by Crippen LogP contribution is 2.21. The minimum Gasteiger partial charge on any atom is -0.272 e. The third-order valence-corrected chi connectivity index (χ3v) is 2.54. The van der Waals surface area contributed by atoms with Crippen molar-refractivity contribution in [2.75, 3.05) is 13.7 Å². The minimum atomic E-state index is -0.113. The summed E-state index contributed by atoms with van der Waals surface area (Å²) in [6.45, 7) is 4.38. The summed E-state index contributed by atoms with van der Waals surface area (Å²) in [7, 11) is 1.66. The molecule has 1 aromatic carbocycles. The molecule has 1 amide bonds. The van der Waals surface area contributed by atoms with Crippen LogP contribution in [-0.2, 0) is 9.63 Å². The Morgan fingerprint density at radius 1 is 1.31 bits per heavy atom. The van der Waals surface area contributed by atoms with Crippen molar-refractivity contribution in [3.63, 3.8) is 0 Å². The van der Waals surface area contributed by atoms with Crippen molar-refractivity contribution in [2.45, 2.75) is 26.2 Å². The van der Waals surface area contributed by atoms with Gasteiger partial charge in [-0.1, -0.05) is 37.3 Å². The molecule has 0 heterocycles. The van der Waals surface area contributed by atoms with Gasteiger partial charge in [0.25, 0.3) is 5.91 Å². The largest absolute Gasteiger partial charge is 0.272 e. The Balaban J connectivity index is 2.79. The molecule has 3 heteroatoms. The Bertz CT molecular complexity index is 324. The first-order chi connectivity index (χ1) is 7.70. The molecule has 0 saturated heterocycles. The summed E-state index contributed by atoms with van der Waals surface area (Å²) >= 11 is 0. The Morgan fingerprint density at radius 3 is 2.44 bits per heavy atom. The molecule has 0 bridgehead atoms. The van der Waals surface area contributed by atoms with E-state index >= 15 is 0 Å². The zero-order valence-electron chi connectivity index (χ0n) is 10.1. The molecule has 1 atom stereocenters. The van der Waals surface area contributed by atoms with E-state index in [1.807, 2.05) is 44.2 Å². The van der Waals surface area contributed by atoms with Gasteiger partial charge in [-0.15, -0.1) is 0 Å². The highest BCUT2D eigenvalue weighted by Gasteiger charge is 2.22. The first-order valence-electron chi connectivity index (χ1n) is 5.66. The van der Waals surface area contributed by atoms with E-state index in [0.29, 0.717) is 6.61 Å². The number of benzene rings is 1. The molecule has 0 N–H and O–H groups in total. The zero-order valence-corrected chi connectivity index (χ0v) is 10.1. The molecule has 1 aromatic rings. The average molecular weight is 221 g/mol. The van der Waals surface area contributed by atoms with Gasteiger partial charge in [0, 0.05) is 7.05 Å². The van der Waals surface area contributed by atoms with Gasteiger partial charge in [0.15, 0.2) is 0 Å². The SMILES string of the molecule is CCON(C)C(=O)C(CC)c1ccccc1. The molecule has 0 aliphatic carbocycles. The third-order valence-electron chi connectivity index (χ3n) is 2.54. The molecule has 0 saturated carbocycles. The fourth-order valence-electron chi connectivity index (χ4n) is 1.71. The second kappa shape index (κ2) is 6.28. The van der Waals surface area contributed by atoms with Gasteiger partial charge >= 0.3 is 0 Å². The van der Waals surface area contributed by atoms with Crippen LogP contribution in [0.2, 0.25) is 0 Å². The molecular formula is C13H19NO2. The Kier molecular flexibility index (Phi) is 4.99. The zero-order chi connectivity index (χ0) is 12.0. The van der Waals surface area contributed by atoms with Gasteiger partial charge < -0.3 is 0 Å². The number of likely N-dealkylation sites (N-methyl/N-ethyl adjacent to an activating group) is 1. The predicted octanol–water partition coefficient (Wildman–Crippen LogP) is 2.59. The highest BCUT2D eigenvalue weighted by atomic mass is 16.7. The van der Waals surface area contributed by atoms with E-state index in [1.54, 1.807) is 7.05 Å². The molecule has 88 valence electrons. The fraction of sp³-hybridized carbons (Fsp3) is 0.462. The van der Waals surface area contributed by atoms with Crippen LogP contribution in [0.3, 0.4) is 0 Å². The number of hydroxylamine groups is 2. The Morgan fingerprint density at radius 2 is 1.94 bits per heavy atom. The van der Waals surface area contributed by atoms with Crippen LogP contribution in [0.5, 0.6) is 0 Å². The van der Waals surface area contributed by atoms with Crippen molar-refractivity contribution in [1.29, 1.82) is 0 Å². The van der Waals surface area contributed by atoms with Crippen LogP contribution in [0, 0.1) is 0 Å². The molecule has 0 fully saturated rings. The maximum atomic E-state index is 12.1. The molecule has 3 nitrogen and oxygen atoms in total. The molecule has 16 heavy (non-hydrogen) atoms. The number of rotatable bonds is 5. The summed E-state index contributed by atoms with van der Waals surface area (Å²) in [4.78, 5) is 17.3. The number of carbonyl (C=O) groups is 1. The van der Waals surface area contributed by atoms with Crippen molar-refractivity contribution in [2.24, 2.45) is 0 Å². The summed E-state index contributed by atoms with van der Waals surface area (Å²) < 4.78 is 0. The fourth-order valence-corrected chi connectivity index (χ4v) is 1.71. The van der Waals surface area contributed by atoms with Crippen molar-refractivity contribution in [3.05, 3.63) is 35.9 Å². The minimum absolute atomic E-state index is 0.00977. The second-order valence-electron chi connectivity index (χ2n) is 3.62. The Hall–Kier alpha value is -1.35. The summed E-state index contributed by atoms with van der Waals surface area (Å²) in [5, 5.41) is 1.33. The van der Waals surface area contributed by atoms with Crippen LogP contribution in [0.1, 0.15) is 31.7 Å². The first-order valence-corrected chi connectivity index (χ1v) is 5.66. The van der Waals surface area contributed by atoms with Gasteiger partial charge in [-0.05, 0) is 18.9 Å². The standard InChI is InChI=1S/C13H19NO2/c1-4-12(11-9-7-6-8-10-11)13(15)14(3)16-5-2/h6-10,12H,4-5H2,1-3H3. The molecule has 1 rings (SSSR count). The smallest absolute Gasteiger partial charge is 0.253 e. The van der Waals surface area contributed by atoms with Gasteiger partial charge in [-0.3, -0.25) is 9.63 Å². The van der Waals surface area contributed by atoms with Gasteiger partial charge in [0.05, 0.1) is 12.5 Å². The Labute approximate surface area is 97.0 Å². The average Bonchev–Trinajstić information content (AvgIpc) is 2.31. The molecule has 0 aromatic heterocycles. The molecular weight excluding hydrogens is 202 g/mol. The van der Waals surface area contributed by atoms with E-state index in [2.05, 4.69) is 0 Å². The van der Waals surface area contributed by atoms with E-state index in [9.17, 15) is 4.79 Å². The van der Waals surface area contributed by atoms with Crippen LogP contribution in [0.4, 0.5) is 0 Å². The normalized spacial score (nSPS) is 12.2. The number of carbonyl (C=O) groups excluding carboxylic acids is 1. The molecule has 0 aliphatic rings. The van der Waals surface area contributed by atoms with Gasteiger partial charge in [-0.2, -0.15) is 0 Å². The molecule has 0 spiro atoms. The van der Waals surface area contributed by atoms with Crippen molar-refractivity contribution in [3.8, 4) is 0 Å². The first kappa shape index (κ1) is 12.7. The van der Waals surface area contributed by atoms with Crippen molar-refractivity contribution in [1.82, 2.24) is 5.06 Å². The summed E-state index contributed by atoms with van der Waals surface area (Å²) in [6.07, 6.45) is 0.778. The lowest BCUT2D eigenvalue weighted by Gasteiger charge is -2.22. The second-order valence-corrected chi connectivity index (χ2v) is 3.62. The van der Waals surface area contributed by atoms with E-state index in [-0.39, 0.29) is 11.8 Å². The van der Waals surface area contributed by atoms with Crippen LogP contribution >= 0.6 is 0 Å². The maximum Gasteiger partial charge on any atom is 0.253 e. The molecule has 0 radical (unpaired) electrons. The number of nitrogens with zero attached hydrogens (tertiary/aromatic N) is 1. The van der Waals surface area contributed by atoms with Crippen LogP contribution < -0.4 is 0 Å². The van der Waals surface area contributed by atoms with Crippen LogP contribution in [0.25, 0.3) is 0 Å².